The maximum atomic E-state index is 12.5. The predicted molar refractivity (Wildman–Crippen MR) is 122 cm³/mol. The number of halogens is 3. The van der Waals surface area contributed by atoms with Crippen LogP contribution in [0.25, 0.3) is 0 Å². The zero-order valence-electron chi connectivity index (χ0n) is 20.1. The minimum absolute atomic E-state index is 0.131. The number of alkyl halides is 3. The zero-order chi connectivity index (χ0) is 24.6. The van der Waals surface area contributed by atoms with Gasteiger partial charge >= 0.3 is 6.18 Å². The second kappa shape index (κ2) is 13.4. The number of carbonyl (C=O) groups excluding carboxylic acids is 1. The van der Waals surface area contributed by atoms with E-state index in [0.717, 1.165) is 71.0 Å². The molecule has 0 spiro atoms. The molecule has 2 aliphatic carbocycles. The molecular formula is C24H42F3N3O4. The molecule has 6 atom stereocenters. The van der Waals surface area contributed by atoms with Crippen molar-refractivity contribution in [3.8, 4) is 0 Å². The highest BCUT2D eigenvalue weighted by atomic mass is 19.4. The molecule has 1 heterocycles. The van der Waals surface area contributed by atoms with Crippen LogP contribution >= 0.6 is 0 Å². The molecule has 10 heteroatoms. The second-order valence-corrected chi connectivity index (χ2v) is 10.2. The third-order valence-electron chi connectivity index (χ3n) is 7.74. The van der Waals surface area contributed by atoms with E-state index in [1.54, 1.807) is 0 Å². The van der Waals surface area contributed by atoms with Crippen molar-refractivity contribution in [2.75, 3.05) is 46.0 Å². The zero-order valence-corrected chi connectivity index (χ0v) is 20.1. The molecule has 0 aromatic carbocycles. The van der Waals surface area contributed by atoms with Crippen molar-refractivity contribution < 1.29 is 32.5 Å². The first kappa shape index (κ1) is 27.6. The fraction of sp³-hybridized carbons (Fsp3) is 0.958. The lowest BCUT2D eigenvalue weighted by molar-refractivity contribution is -0.202. The van der Waals surface area contributed by atoms with Gasteiger partial charge in [-0.2, -0.15) is 13.2 Å². The van der Waals surface area contributed by atoms with Crippen molar-refractivity contribution >= 4 is 5.91 Å². The summed E-state index contributed by atoms with van der Waals surface area (Å²) in [6.45, 7) is 2.61. The van der Waals surface area contributed by atoms with Crippen LogP contribution in [0.15, 0.2) is 0 Å². The Morgan fingerprint density at radius 3 is 2.50 bits per heavy atom. The molecule has 0 aromatic rings. The van der Waals surface area contributed by atoms with Crippen LogP contribution in [-0.2, 0) is 14.3 Å². The lowest BCUT2D eigenvalue weighted by atomic mass is 9.70. The number of amides is 1. The molecule has 1 amide bonds. The Kier molecular flexibility index (Phi) is 10.9. The summed E-state index contributed by atoms with van der Waals surface area (Å²) in [4.78, 5) is 14.5. The van der Waals surface area contributed by atoms with E-state index in [4.69, 9.17) is 20.3 Å². The predicted octanol–water partition coefficient (Wildman–Crippen LogP) is 2.46. The van der Waals surface area contributed by atoms with Crippen molar-refractivity contribution in [2.45, 2.75) is 82.2 Å². The molecule has 0 bridgehead atoms. The van der Waals surface area contributed by atoms with Crippen LogP contribution in [0, 0.1) is 17.8 Å². The number of rotatable bonds is 13. The fourth-order valence-corrected chi connectivity index (χ4v) is 6.23. The van der Waals surface area contributed by atoms with E-state index in [9.17, 15) is 18.0 Å². The number of aliphatic hydroxyl groups excluding tert-OH is 1. The van der Waals surface area contributed by atoms with Gasteiger partial charge in [0.1, 0.15) is 6.61 Å². The summed E-state index contributed by atoms with van der Waals surface area (Å²) >= 11 is 0. The Labute approximate surface area is 200 Å². The van der Waals surface area contributed by atoms with Gasteiger partial charge in [-0.1, -0.05) is 12.8 Å². The van der Waals surface area contributed by atoms with Gasteiger partial charge in [-0.3, -0.25) is 9.69 Å². The average Bonchev–Trinajstić information content (AvgIpc) is 3.20. The molecule has 2 saturated carbocycles. The minimum atomic E-state index is -4.31. The minimum Gasteiger partial charge on any atom is -0.396 e. The molecule has 3 aliphatic rings. The van der Waals surface area contributed by atoms with Crippen molar-refractivity contribution in [3.05, 3.63) is 0 Å². The van der Waals surface area contributed by atoms with Gasteiger partial charge in [0.25, 0.3) is 0 Å². The van der Waals surface area contributed by atoms with Crippen LogP contribution in [0.5, 0.6) is 0 Å². The van der Waals surface area contributed by atoms with Gasteiger partial charge in [0.05, 0.1) is 24.7 Å². The second-order valence-electron chi connectivity index (χ2n) is 10.2. The molecule has 7 nitrogen and oxygen atoms in total. The molecule has 3 rings (SSSR count). The first-order chi connectivity index (χ1) is 16.3. The lowest BCUT2D eigenvalue weighted by Gasteiger charge is -2.40. The molecule has 198 valence electrons. The standard InChI is InChI=1S/C24H42F3N3O4/c25-24(26,27)16-34-21-5-2-1-4-20(21)33-13-9-29-8-6-17-14-18-7-11-30(10-3-12-31)22(18)19(15-17)23(28)32/h17-22,29,31H,1-16H2,(H2,28,32). The first-order valence-corrected chi connectivity index (χ1v) is 12.9. The summed E-state index contributed by atoms with van der Waals surface area (Å²) in [5.74, 6) is 0.585. The Morgan fingerprint density at radius 2 is 1.82 bits per heavy atom. The Morgan fingerprint density at radius 1 is 1.09 bits per heavy atom. The summed E-state index contributed by atoms with van der Waals surface area (Å²) in [5.41, 5.74) is 5.78. The highest BCUT2D eigenvalue weighted by Gasteiger charge is 2.46. The van der Waals surface area contributed by atoms with Gasteiger partial charge in [0, 0.05) is 25.7 Å². The number of ether oxygens (including phenoxy) is 2. The molecule has 0 radical (unpaired) electrons. The van der Waals surface area contributed by atoms with Crippen LogP contribution in [-0.4, -0.2) is 86.3 Å². The number of nitrogens with zero attached hydrogens (tertiary/aromatic N) is 1. The molecule has 1 aliphatic heterocycles. The molecule has 0 aromatic heterocycles. The monoisotopic (exact) mass is 493 g/mol. The van der Waals surface area contributed by atoms with Crippen LogP contribution in [0.3, 0.4) is 0 Å². The normalized spacial score (nSPS) is 32.6. The van der Waals surface area contributed by atoms with E-state index in [1.165, 1.54) is 0 Å². The SMILES string of the molecule is NC(=O)C1CC(CCNCCOC2CCCCC2OCC(F)(F)F)CC2CCN(CCCO)C21. The van der Waals surface area contributed by atoms with Crippen molar-refractivity contribution in [2.24, 2.45) is 23.5 Å². The number of hydrogen-bond donors (Lipinski definition) is 3. The highest BCUT2D eigenvalue weighted by Crippen LogP contribution is 2.43. The lowest BCUT2D eigenvalue weighted by Crippen LogP contribution is -2.49. The van der Waals surface area contributed by atoms with Crippen molar-refractivity contribution in [1.82, 2.24) is 10.2 Å². The number of nitrogens with one attached hydrogen (secondary N) is 1. The Balaban J connectivity index is 1.34. The Hall–Kier alpha value is -0.940. The van der Waals surface area contributed by atoms with E-state index < -0.39 is 18.9 Å². The van der Waals surface area contributed by atoms with Gasteiger partial charge in [0.15, 0.2) is 0 Å². The molecular weight excluding hydrogens is 451 g/mol. The van der Waals surface area contributed by atoms with E-state index in [0.29, 0.717) is 31.4 Å². The van der Waals surface area contributed by atoms with Gasteiger partial charge in [-0.25, -0.2) is 0 Å². The molecule has 34 heavy (non-hydrogen) atoms. The van der Waals surface area contributed by atoms with E-state index in [1.807, 2.05) is 0 Å². The third kappa shape index (κ3) is 8.33. The van der Waals surface area contributed by atoms with Crippen molar-refractivity contribution in [3.63, 3.8) is 0 Å². The summed E-state index contributed by atoms with van der Waals surface area (Å²) in [6.07, 6.45) is 2.76. The van der Waals surface area contributed by atoms with E-state index in [-0.39, 0.29) is 30.6 Å². The summed E-state index contributed by atoms with van der Waals surface area (Å²) < 4.78 is 48.4. The summed E-state index contributed by atoms with van der Waals surface area (Å²) in [6, 6.07) is 0.213. The maximum absolute atomic E-state index is 12.5. The average molecular weight is 494 g/mol. The van der Waals surface area contributed by atoms with Crippen molar-refractivity contribution in [1.29, 1.82) is 0 Å². The topological polar surface area (TPSA) is 97.1 Å². The maximum Gasteiger partial charge on any atom is 0.411 e. The van der Waals surface area contributed by atoms with Crippen LogP contribution in [0.1, 0.15) is 57.8 Å². The summed E-state index contributed by atoms with van der Waals surface area (Å²) in [5, 5.41) is 12.5. The largest absolute Gasteiger partial charge is 0.411 e. The molecule has 4 N–H and O–H groups in total. The summed E-state index contributed by atoms with van der Waals surface area (Å²) in [7, 11) is 0. The van der Waals surface area contributed by atoms with Gasteiger partial charge < -0.3 is 25.6 Å². The van der Waals surface area contributed by atoms with Crippen LogP contribution in [0.4, 0.5) is 13.2 Å². The molecule has 1 saturated heterocycles. The van der Waals surface area contributed by atoms with Crippen LogP contribution < -0.4 is 11.1 Å². The number of carbonyl (C=O) groups is 1. The quantitative estimate of drug-likeness (QED) is 0.341. The smallest absolute Gasteiger partial charge is 0.396 e. The number of likely N-dealkylation sites (tertiary alicyclic amines) is 1. The van der Waals surface area contributed by atoms with Gasteiger partial charge in [-0.05, 0) is 69.9 Å². The van der Waals surface area contributed by atoms with E-state index in [2.05, 4.69) is 10.2 Å². The number of primary amides is 1. The van der Waals surface area contributed by atoms with E-state index >= 15 is 0 Å². The third-order valence-corrected chi connectivity index (χ3v) is 7.74. The van der Waals surface area contributed by atoms with Gasteiger partial charge in [-0.15, -0.1) is 0 Å². The number of nitrogens with two attached hydrogens (primary N) is 1. The van der Waals surface area contributed by atoms with Gasteiger partial charge in [0.2, 0.25) is 5.91 Å². The molecule has 3 fully saturated rings. The number of hydrogen-bond acceptors (Lipinski definition) is 6. The fourth-order valence-electron chi connectivity index (χ4n) is 6.23. The number of fused-ring (bicyclic) bond motifs is 1. The Bertz CT molecular complexity index is 625. The molecule has 6 unspecified atom stereocenters. The first-order valence-electron chi connectivity index (χ1n) is 12.9. The number of aliphatic hydroxyl groups is 1. The van der Waals surface area contributed by atoms with Crippen LogP contribution in [0.2, 0.25) is 0 Å². The highest BCUT2D eigenvalue weighted by molar-refractivity contribution is 5.77.